The minimum atomic E-state index is -0.555. The van der Waals surface area contributed by atoms with Gasteiger partial charge >= 0.3 is 12.1 Å². The number of hydrogen-bond acceptors (Lipinski definition) is 7. The predicted molar refractivity (Wildman–Crippen MR) is 105 cm³/mol. The van der Waals surface area contributed by atoms with Crippen LogP contribution in [-0.2, 0) is 9.47 Å². The highest BCUT2D eigenvalue weighted by atomic mass is 16.6. The fourth-order valence-corrected chi connectivity index (χ4v) is 2.87. The Balaban J connectivity index is 1.72. The number of nitrogens with one attached hydrogen (secondary N) is 1. The smallest absolute Gasteiger partial charge is 0.414 e. The highest BCUT2D eigenvalue weighted by Crippen LogP contribution is 2.27. The second kappa shape index (κ2) is 8.51. The van der Waals surface area contributed by atoms with E-state index in [2.05, 4.69) is 0 Å². The largest absolute Gasteiger partial charge is 0.497 e. The summed E-state index contributed by atoms with van der Waals surface area (Å²) in [6.07, 6.45) is -1.08. The van der Waals surface area contributed by atoms with E-state index in [0.29, 0.717) is 17.0 Å². The molecule has 2 aromatic carbocycles. The Morgan fingerprint density at radius 1 is 1.28 bits per heavy atom. The van der Waals surface area contributed by atoms with Gasteiger partial charge < -0.3 is 24.7 Å². The Kier molecular flexibility index (Phi) is 5.87. The molecule has 2 aromatic rings. The van der Waals surface area contributed by atoms with Gasteiger partial charge in [0, 0.05) is 17.3 Å². The van der Waals surface area contributed by atoms with Gasteiger partial charge in [-0.25, -0.2) is 9.59 Å². The monoisotopic (exact) mass is 399 g/mol. The number of nitrogens with two attached hydrogens (primary N) is 1. The standard InChI is InChI=1S/C20H21N3O6/c1-26-14-6-7-16(19(24)27-2)17(9-14)28-11-15-10-23(20(25)29-15)13-5-3-4-12(8-13)18(21)22/h3-9,15H,10-11H2,1-2H3,(H3,21,22). The molecule has 1 atom stereocenters. The molecular weight excluding hydrogens is 378 g/mol. The van der Waals surface area contributed by atoms with E-state index in [1.807, 2.05) is 0 Å². The number of rotatable bonds is 7. The third-order valence-electron chi connectivity index (χ3n) is 4.36. The van der Waals surface area contributed by atoms with E-state index in [0.717, 1.165) is 0 Å². The van der Waals surface area contributed by atoms with Crippen molar-refractivity contribution in [1.29, 1.82) is 5.41 Å². The van der Waals surface area contributed by atoms with Gasteiger partial charge in [0.15, 0.2) is 6.10 Å². The van der Waals surface area contributed by atoms with E-state index in [1.165, 1.54) is 19.1 Å². The molecule has 0 aromatic heterocycles. The zero-order chi connectivity index (χ0) is 21.0. The van der Waals surface area contributed by atoms with Gasteiger partial charge in [-0.3, -0.25) is 10.3 Å². The lowest BCUT2D eigenvalue weighted by Gasteiger charge is -2.15. The Morgan fingerprint density at radius 3 is 2.76 bits per heavy atom. The average molecular weight is 399 g/mol. The van der Waals surface area contributed by atoms with Crippen LogP contribution in [0.5, 0.6) is 11.5 Å². The van der Waals surface area contributed by atoms with E-state index in [1.54, 1.807) is 42.5 Å². The maximum Gasteiger partial charge on any atom is 0.414 e. The molecule has 9 nitrogen and oxygen atoms in total. The number of methoxy groups -OCH3 is 2. The summed E-state index contributed by atoms with van der Waals surface area (Å²) in [6.45, 7) is 0.281. The van der Waals surface area contributed by atoms with Crippen molar-refractivity contribution in [3.8, 4) is 11.5 Å². The first-order valence-electron chi connectivity index (χ1n) is 8.74. The Hall–Kier alpha value is -3.75. The van der Waals surface area contributed by atoms with Gasteiger partial charge in [-0.1, -0.05) is 12.1 Å². The Labute approximate surface area is 167 Å². The molecule has 3 N–H and O–H groups in total. The normalized spacial score (nSPS) is 15.6. The molecule has 1 saturated heterocycles. The van der Waals surface area contributed by atoms with Gasteiger partial charge in [0.25, 0.3) is 0 Å². The van der Waals surface area contributed by atoms with Crippen molar-refractivity contribution in [2.75, 3.05) is 32.3 Å². The van der Waals surface area contributed by atoms with E-state index in [9.17, 15) is 9.59 Å². The number of benzene rings is 2. The number of nitrogen functional groups attached to an aromatic ring is 1. The van der Waals surface area contributed by atoms with Gasteiger partial charge in [0.05, 0.1) is 20.8 Å². The number of amidine groups is 1. The summed E-state index contributed by atoms with van der Waals surface area (Å²) in [4.78, 5) is 25.6. The van der Waals surface area contributed by atoms with E-state index >= 15 is 0 Å². The lowest BCUT2D eigenvalue weighted by Crippen LogP contribution is -2.27. The lowest BCUT2D eigenvalue weighted by atomic mass is 10.1. The number of nitrogens with zero attached hydrogens (tertiary/aromatic N) is 1. The molecular formula is C20H21N3O6. The van der Waals surface area contributed by atoms with Gasteiger partial charge in [-0.2, -0.15) is 0 Å². The number of cyclic esters (lactones) is 1. The number of ether oxygens (including phenoxy) is 4. The summed E-state index contributed by atoms with van der Waals surface area (Å²) in [6, 6.07) is 11.5. The molecule has 1 fully saturated rings. The molecule has 1 aliphatic rings. The van der Waals surface area contributed by atoms with Crippen LogP contribution in [0.2, 0.25) is 0 Å². The van der Waals surface area contributed by atoms with Crippen molar-refractivity contribution in [3.63, 3.8) is 0 Å². The number of anilines is 1. The molecule has 3 rings (SSSR count). The zero-order valence-corrected chi connectivity index (χ0v) is 16.0. The molecule has 152 valence electrons. The number of amides is 1. The third kappa shape index (κ3) is 4.40. The summed E-state index contributed by atoms with van der Waals surface area (Å²) >= 11 is 0. The molecule has 1 heterocycles. The van der Waals surface area contributed by atoms with Gasteiger partial charge in [0.1, 0.15) is 29.5 Å². The first-order valence-corrected chi connectivity index (χ1v) is 8.74. The van der Waals surface area contributed by atoms with Crippen LogP contribution >= 0.6 is 0 Å². The van der Waals surface area contributed by atoms with Crippen molar-refractivity contribution in [2.45, 2.75) is 6.10 Å². The maximum atomic E-state index is 12.3. The molecule has 0 bridgehead atoms. The van der Waals surface area contributed by atoms with Crippen molar-refractivity contribution in [1.82, 2.24) is 0 Å². The molecule has 0 saturated carbocycles. The Bertz CT molecular complexity index is 946. The van der Waals surface area contributed by atoms with Crippen LogP contribution < -0.4 is 20.1 Å². The number of hydrogen-bond donors (Lipinski definition) is 2. The molecule has 0 spiro atoms. The van der Waals surface area contributed by atoms with Crippen LogP contribution in [0.3, 0.4) is 0 Å². The highest BCUT2D eigenvalue weighted by molar-refractivity contribution is 5.97. The van der Waals surface area contributed by atoms with Crippen LogP contribution in [-0.4, -0.2) is 51.4 Å². The van der Waals surface area contributed by atoms with Gasteiger partial charge in [-0.05, 0) is 24.3 Å². The summed E-state index contributed by atoms with van der Waals surface area (Å²) in [5, 5.41) is 7.53. The molecule has 0 radical (unpaired) electrons. The predicted octanol–water partition coefficient (Wildman–Crippen LogP) is 2.17. The Morgan fingerprint density at radius 2 is 2.07 bits per heavy atom. The average Bonchev–Trinajstić information content (AvgIpc) is 3.12. The number of esters is 1. The van der Waals surface area contributed by atoms with Crippen LogP contribution in [0.25, 0.3) is 0 Å². The topological polar surface area (TPSA) is 124 Å². The van der Waals surface area contributed by atoms with Crippen LogP contribution in [0.4, 0.5) is 10.5 Å². The van der Waals surface area contributed by atoms with Crippen molar-refractivity contribution < 1.29 is 28.5 Å². The molecule has 1 unspecified atom stereocenters. The summed E-state index contributed by atoms with van der Waals surface area (Å²) < 4.78 is 21.0. The molecule has 0 aliphatic carbocycles. The zero-order valence-electron chi connectivity index (χ0n) is 16.0. The number of carbonyl (C=O) groups excluding carboxylic acids is 2. The molecule has 1 amide bonds. The first kappa shape index (κ1) is 20.0. The minimum Gasteiger partial charge on any atom is -0.497 e. The summed E-state index contributed by atoms with van der Waals surface area (Å²) in [5.74, 6) is 0.143. The second-order valence-electron chi connectivity index (χ2n) is 6.25. The van der Waals surface area contributed by atoms with E-state index in [-0.39, 0.29) is 30.3 Å². The van der Waals surface area contributed by atoms with E-state index < -0.39 is 18.2 Å². The van der Waals surface area contributed by atoms with Gasteiger partial charge in [0.2, 0.25) is 0 Å². The molecule has 29 heavy (non-hydrogen) atoms. The van der Waals surface area contributed by atoms with Crippen LogP contribution in [0.1, 0.15) is 15.9 Å². The minimum absolute atomic E-state index is 0.0335. The summed E-state index contributed by atoms with van der Waals surface area (Å²) in [5.41, 5.74) is 6.83. The SMILES string of the molecule is COC(=O)c1ccc(OC)cc1OCC1CN(c2cccc(C(=N)N)c2)C(=O)O1. The quantitative estimate of drug-likeness (QED) is 0.415. The van der Waals surface area contributed by atoms with Crippen LogP contribution in [0, 0.1) is 5.41 Å². The fourth-order valence-electron chi connectivity index (χ4n) is 2.87. The maximum absolute atomic E-state index is 12.3. The summed E-state index contributed by atoms with van der Waals surface area (Å²) in [7, 11) is 2.78. The van der Waals surface area contributed by atoms with Crippen molar-refractivity contribution >= 4 is 23.6 Å². The lowest BCUT2D eigenvalue weighted by molar-refractivity contribution is 0.0589. The first-order chi connectivity index (χ1) is 13.9. The molecule has 1 aliphatic heterocycles. The number of carbonyl (C=O) groups is 2. The van der Waals surface area contributed by atoms with Crippen molar-refractivity contribution in [3.05, 3.63) is 53.6 Å². The molecule has 9 heteroatoms. The van der Waals surface area contributed by atoms with E-state index in [4.69, 9.17) is 30.1 Å². The van der Waals surface area contributed by atoms with Crippen LogP contribution in [0.15, 0.2) is 42.5 Å². The third-order valence-corrected chi connectivity index (χ3v) is 4.36. The second-order valence-corrected chi connectivity index (χ2v) is 6.25. The fraction of sp³-hybridized carbons (Fsp3) is 0.250. The highest BCUT2D eigenvalue weighted by Gasteiger charge is 2.33. The van der Waals surface area contributed by atoms with Gasteiger partial charge in [-0.15, -0.1) is 0 Å². The van der Waals surface area contributed by atoms with Crippen molar-refractivity contribution in [2.24, 2.45) is 5.73 Å².